The number of hydrogen-bond acceptors (Lipinski definition) is 7. The topological polar surface area (TPSA) is 112 Å². The number of aliphatic hydroxyl groups is 1. The lowest BCUT2D eigenvalue weighted by molar-refractivity contribution is -0.145. The first-order valence-corrected chi connectivity index (χ1v) is 17.4. The van der Waals surface area contributed by atoms with Crippen LogP contribution in [0.3, 0.4) is 0 Å². The van der Waals surface area contributed by atoms with Crippen molar-refractivity contribution in [3.8, 4) is 0 Å². The van der Waals surface area contributed by atoms with E-state index in [0.717, 1.165) is 29.4 Å². The van der Waals surface area contributed by atoms with Crippen LogP contribution < -0.4 is 0 Å². The van der Waals surface area contributed by atoms with Gasteiger partial charge in [0.2, 0.25) is 17.7 Å². The summed E-state index contributed by atoms with van der Waals surface area (Å²) >= 11 is 1.69. The lowest BCUT2D eigenvalue weighted by Gasteiger charge is -2.41. The van der Waals surface area contributed by atoms with Crippen molar-refractivity contribution in [3.63, 3.8) is 0 Å². The second-order valence-electron chi connectivity index (χ2n) is 12.9. The van der Waals surface area contributed by atoms with Gasteiger partial charge < -0.3 is 19.8 Å². The van der Waals surface area contributed by atoms with E-state index in [1.165, 1.54) is 0 Å². The Bertz CT molecular complexity index is 1630. The summed E-state index contributed by atoms with van der Waals surface area (Å²) in [5.74, 6) is -1.42. The minimum absolute atomic E-state index is 0.0478. The first kappa shape index (κ1) is 33.0. The zero-order chi connectivity index (χ0) is 33.1. The van der Waals surface area contributed by atoms with Crippen LogP contribution in [-0.4, -0.2) is 94.8 Å². The van der Waals surface area contributed by atoms with Crippen LogP contribution in [0.1, 0.15) is 38.2 Å². The molecule has 6 atom stereocenters. The minimum Gasteiger partial charge on any atom is -0.396 e. The van der Waals surface area contributed by atoms with Gasteiger partial charge in [-0.15, -0.1) is 30.0 Å². The molecule has 3 fully saturated rings. The van der Waals surface area contributed by atoms with Gasteiger partial charge in [-0.1, -0.05) is 66.8 Å². The van der Waals surface area contributed by atoms with Crippen molar-refractivity contribution < 1.29 is 19.5 Å². The smallest absolute Gasteiger partial charge is 0.248 e. The van der Waals surface area contributed by atoms with E-state index in [9.17, 15) is 19.5 Å². The molecule has 3 aliphatic rings. The molecule has 1 spiro atoms. The molecule has 3 saturated heterocycles. The Hall–Kier alpha value is -3.96. The van der Waals surface area contributed by atoms with Crippen LogP contribution in [0.15, 0.2) is 79.9 Å². The number of carbonyl (C=O) groups is 3. The highest BCUT2D eigenvalue weighted by atomic mass is 32.2. The number of para-hydroxylation sites is 1. The summed E-state index contributed by atoms with van der Waals surface area (Å²) in [6.45, 7) is 11.7. The number of nitrogens with zero attached hydrogens (tertiary/aromatic N) is 6. The monoisotopic (exact) mass is 656 g/mol. The Morgan fingerprint density at radius 2 is 1.74 bits per heavy atom. The highest BCUT2D eigenvalue weighted by Crippen LogP contribution is 2.69. The zero-order valence-corrected chi connectivity index (χ0v) is 27.8. The van der Waals surface area contributed by atoms with Gasteiger partial charge in [-0.2, -0.15) is 0 Å². The molecule has 4 heterocycles. The van der Waals surface area contributed by atoms with Crippen molar-refractivity contribution in [2.75, 3.05) is 26.2 Å². The van der Waals surface area contributed by atoms with E-state index >= 15 is 0 Å². The summed E-state index contributed by atoms with van der Waals surface area (Å²) < 4.78 is 0.965. The molecule has 3 aliphatic heterocycles. The lowest BCUT2D eigenvalue weighted by Crippen LogP contribution is -2.57. The van der Waals surface area contributed by atoms with Gasteiger partial charge in [-0.3, -0.25) is 14.4 Å². The normalized spacial score (nSPS) is 26.0. The standard InChI is InChI=1S/C36H44N6O4S/c1-4-18-39(23-26-14-8-6-9-15-26)33(44)30-29-22-25(3)36(47-29)31(30)34(45)41(20-12-7-13-21-43)32(36)35(46)40(19-5-2)24-42-28-17-11-10-16-27(28)37-38-42/h4-6,8-11,14-17,25,29-32,43H,1-2,7,12-13,18-24H2,3H3/t25?,29-,30+,31+,32?,36?/m1/s1. The van der Waals surface area contributed by atoms with E-state index in [1.807, 2.05) is 54.6 Å². The van der Waals surface area contributed by atoms with Gasteiger partial charge in [0.25, 0.3) is 0 Å². The van der Waals surface area contributed by atoms with E-state index in [0.29, 0.717) is 32.5 Å². The second-order valence-corrected chi connectivity index (χ2v) is 14.5. The number of amides is 3. The molecule has 1 aromatic heterocycles. The molecule has 1 N–H and O–H groups in total. The fourth-order valence-corrected chi connectivity index (χ4v) is 10.4. The maximum Gasteiger partial charge on any atom is 0.248 e. The van der Waals surface area contributed by atoms with Gasteiger partial charge in [-0.05, 0) is 49.3 Å². The summed E-state index contributed by atoms with van der Waals surface area (Å²) in [5, 5.41) is 18.0. The Labute approximate surface area is 280 Å². The molecule has 3 aromatic rings. The summed E-state index contributed by atoms with van der Waals surface area (Å²) in [4.78, 5) is 49.4. The zero-order valence-electron chi connectivity index (χ0n) is 27.0. The number of hydrogen-bond donors (Lipinski definition) is 1. The van der Waals surface area contributed by atoms with Crippen LogP contribution in [0.5, 0.6) is 0 Å². The van der Waals surface area contributed by atoms with Gasteiger partial charge in [-0.25, -0.2) is 4.68 Å². The van der Waals surface area contributed by atoms with E-state index in [1.54, 1.807) is 43.3 Å². The molecule has 248 valence electrons. The molecule has 47 heavy (non-hydrogen) atoms. The molecule has 3 amide bonds. The van der Waals surface area contributed by atoms with Crippen LogP contribution in [-0.2, 0) is 27.6 Å². The number of likely N-dealkylation sites (tertiary alicyclic amines) is 1. The van der Waals surface area contributed by atoms with E-state index < -0.39 is 22.6 Å². The van der Waals surface area contributed by atoms with Crippen LogP contribution in [0, 0.1) is 17.8 Å². The maximum absolute atomic E-state index is 14.9. The number of fused-ring (bicyclic) bond motifs is 2. The Morgan fingerprint density at radius 1 is 1.02 bits per heavy atom. The van der Waals surface area contributed by atoms with Crippen molar-refractivity contribution in [1.29, 1.82) is 0 Å². The summed E-state index contributed by atoms with van der Waals surface area (Å²) in [5.41, 5.74) is 2.56. The van der Waals surface area contributed by atoms with Gasteiger partial charge in [0.1, 0.15) is 18.2 Å². The molecule has 3 unspecified atom stereocenters. The van der Waals surface area contributed by atoms with Gasteiger partial charge in [0, 0.05) is 38.0 Å². The first-order valence-electron chi connectivity index (χ1n) is 16.6. The van der Waals surface area contributed by atoms with Crippen LogP contribution >= 0.6 is 11.8 Å². The van der Waals surface area contributed by atoms with Crippen molar-refractivity contribution >= 4 is 40.5 Å². The Kier molecular flexibility index (Phi) is 9.84. The van der Waals surface area contributed by atoms with E-state index in [4.69, 9.17) is 0 Å². The van der Waals surface area contributed by atoms with Crippen LogP contribution in [0.2, 0.25) is 0 Å². The molecule has 0 aliphatic carbocycles. The number of benzene rings is 2. The first-order chi connectivity index (χ1) is 22.8. The molecule has 6 rings (SSSR count). The van der Waals surface area contributed by atoms with Crippen molar-refractivity contribution in [2.24, 2.45) is 17.8 Å². The minimum atomic E-state index is -0.743. The average molecular weight is 657 g/mol. The van der Waals surface area contributed by atoms with Crippen LogP contribution in [0.25, 0.3) is 11.0 Å². The summed E-state index contributed by atoms with van der Waals surface area (Å²) in [7, 11) is 0. The largest absolute Gasteiger partial charge is 0.396 e. The molecule has 11 heteroatoms. The van der Waals surface area contributed by atoms with Gasteiger partial charge in [0.05, 0.1) is 22.1 Å². The third-order valence-electron chi connectivity index (χ3n) is 10.1. The number of aromatic nitrogens is 3. The Morgan fingerprint density at radius 3 is 2.49 bits per heavy atom. The predicted molar refractivity (Wildman–Crippen MR) is 183 cm³/mol. The highest BCUT2D eigenvalue weighted by Gasteiger charge is 2.76. The van der Waals surface area contributed by atoms with Crippen molar-refractivity contribution in [2.45, 2.75) is 61.9 Å². The predicted octanol–water partition coefficient (Wildman–Crippen LogP) is 4.12. The Balaban J connectivity index is 1.36. The third-order valence-corrected chi connectivity index (χ3v) is 12.2. The molecule has 2 bridgehead atoms. The number of rotatable bonds is 15. The fourth-order valence-electron chi connectivity index (χ4n) is 8.02. The van der Waals surface area contributed by atoms with Crippen molar-refractivity contribution in [3.05, 3.63) is 85.5 Å². The number of unbranched alkanes of at least 4 members (excludes halogenated alkanes) is 2. The molecule has 0 saturated carbocycles. The summed E-state index contributed by atoms with van der Waals surface area (Å²) in [6, 6.07) is 16.7. The fraction of sp³-hybridized carbons (Fsp3) is 0.472. The van der Waals surface area contributed by atoms with Gasteiger partial charge >= 0.3 is 0 Å². The molecule has 2 aromatic carbocycles. The molecular weight excluding hydrogens is 613 g/mol. The van der Waals surface area contributed by atoms with E-state index in [-0.39, 0.29) is 48.7 Å². The van der Waals surface area contributed by atoms with E-state index in [2.05, 4.69) is 30.4 Å². The van der Waals surface area contributed by atoms with Crippen LogP contribution in [0.4, 0.5) is 0 Å². The summed E-state index contributed by atoms with van der Waals surface area (Å²) in [6.07, 6.45) is 6.21. The number of thioether (sulfide) groups is 1. The third kappa shape index (κ3) is 5.88. The maximum atomic E-state index is 14.9. The SMILES string of the molecule is C=CCN(Cn1nnc2ccccc21)C(=O)C1N(CCCCCO)C(=O)[C@@H]2[C@@H](C(=O)N(CC=C)Cc3ccccc3)[C@H]3CC(C)C12S3. The highest BCUT2D eigenvalue weighted by molar-refractivity contribution is 8.02. The van der Waals surface area contributed by atoms with Gasteiger partial charge in [0.15, 0.2) is 0 Å². The number of carbonyl (C=O) groups excluding carboxylic acids is 3. The molecule has 10 nitrogen and oxygen atoms in total. The number of aliphatic hydroxyl groups excluding tert-OH is 1. The second kappa shape index (κ2) is 14.0. The van der Waals surface area contributed by atoms with Crippen molar-refractivity contribution in [1.82, 2.24) is 29.7 Å². The average Bonchev–Trinajstić information content (AvgIpc) is 3.80. The lowest BCUT2D eigenvalue weighted by atomic mass is 9.65. The quantitative estimate of drug-likeness (QED) is 0.194. The molecule has 0 radical (unpaired) electrons. The molecular formula is C36H44N6O4S.